The molecule has 0 atom stereocenters. The minimum absolute atomic E-state index is 0.0512. The molecule has 0 radical (unpaired) electrons. The second-order valence-corrected chi connectivity index (χ2v) is 16.9. The van der Waals surface area contributed by atoms with E-state index in [1.165, 1.54) is 13.2 Å². The lowest BCUT2D eigenvalue weighted by Crippen LogP contribution is -2.45. The van der Waals surface area contributed by atoms with Crippen LogP contribution in [0.15, 0.2) is 27.3 Å². The Balaban J connectivity index is 1.59. The first-order chi connectivity index (χ1) is 27.1. The molecule has 304 valence electrons. The third-order valence-electron chi connectivity index (χ3n) is 11.1. The summed E-state index contributed by atoms with van der Waals surface area (Å²) in [5, 5.41) is 43.8. The van der Waals surface area contributed by atoms with Gasteiger partial charge in [0.2, 0.25) is 5.91 Å². The van der Waals surface area contributed by atoms with Gasteiger partial charge in [-0.1, -0.05) is 11.6 Å². The summed E-state index contributed by atoms with van der Waals surface area (Å²) < 4.78 is 6.44. The van der Waals surface area contributed by atoms with Crippen LogP contribution in [0.5, 0.6) is 11.5 Å². The predicted octanol–water partition coefficient (Wildman–Crippen LogP) is 5.15. The molecule has 6 rings (SSSR count). The summed E-state index contributed by atoms with van der Waals surface area (Å²) in [5.41, 5.74) is 3.51. The van der Waals surface area contributed by atoms with E-state index in [9.17, 15) is 29.7 Å². The molecule has 1 aliphatic carbocycles. The lowest BCUT2D eigenvalue weighted by atomic mass is 9.80. The molecule has 5 aromatic carbocycles. The van der Waals surface area contributed by atoms with Gasteiger partial charge in [-0.2, -0.15) is 0 Å². The Morgan fingerprint density at radius 1 is 0.842 bits per heavy atom. The number of rotatable bonds is 19. The van der Waals surface area contributed by atoms with Crippen LogP contribution in [-0.2, 0) is 35.6 Å². The van der Waals surface area contributed by atoms with Crippen LogP contribution in [0.2, 0.25) is 0 Å². The van der Waals surface area contributed by atoms with Crippen LogP contribution in [-0.4, -0.2) is 98.5 Å². The van der Waals surface area contributed by atoms with Gasteiger partial charge in [-0.05, 0) is 116 Å². The van der Waals surface area contributed by atoms with Crippen molar-refractivity contribution in [1.82, 2.24) is 10.2 Å². The van der Waals surface area contributed by atoms with Crippen molar-refractivity contribution in [3.63, 3.8) is 0 Å². The Labute approximate surface area is 333 Å². The van der Waals surface area contributed by atoms with Crippen LogP contribution in [0.4, 0.5) is 5.69 Å². The van der Waals surface area contributed by atoms with Crippen LogP contribution in [0.1, 0.15) is 79.7 Å². The highest BCUT2D eigenvalue weighted by molar-refractivity contribution is 6.38. The number of anilines is 1. The van der Waals surface area contributed by atoms with Crippen molar-refractivity contribution in [3.8, 4) is 11.5 Å². The van der Waals surface area contributed by atoms with Gasteiger partial charge < -0.3 is 40.1 Å². The number of nitrogens with one attached hydrogen (secondary N) is 2. The molecule has 57 heavy (non-hydrogen) atoms. The average molecular weight is 782 g/mol. The Morgan fingerprint density at radius 3 is 2.16 bits per heavy atom. The lowest BCUT2D eigenvalue weighted by molar-refractivity contribution is -0.872. The van der Waals surface area contributed by atoms with Crippen LogP contribution < -0.4 is 26.2 Å². The summed E-state index contributed by atoms with van der Waals surface area (Å²) in [7, 11) is 11.4. The van der Waals surface area contributed by atoms with E-state index in [4.69, 9.17) is 4.74 Å². The third-order valence-corrected chi connectivity index (χ3v) is 11.1. The van der Waals surface area contributed by atoms with Crippen LogP contribution in [0.3, 0.4) is 0 Å². The van der Waals surface area contributed by atoms with Crippen LogP contribution >= 0.6 is 0 Å². The Hall–Kier alpha value is -4.88. The van der Waals surface area contributed by atoms with E-state index in [0.717, 1.165) is 18.5 Å². The number of aliphatic hydroxyl groups is 2. The van der Waals surface area contributed by atoms with Gasteiger partial charge in [-0.3, -0.25) is 19.2 Å². The highest BCUT2D eigenvalue weighted by Gasteiger charge is 2.32. The predicted molar refractivity (Wildman–Crippen MR) is 228 cm³/mol. The smallest absolute Gasteiger partial charge is 0.224 e. The first-order valence-corrected chi connectivity index (χ1v) is 19.9. The maximum absolute atomic E-state index is 15.2. The molecule has 12 heteroatoms. The van der Waals surface area contributed by atoms with E-state index in [1.54, 1.807) is 6.07 Å². The van der Waals surface area contributed by atoms with Gasteiger partial charge in [-0.25, -0.2) is 0 Å². The normalized spacial score (nSPS) is 13.1. The topological polar surface area (TPSA) is 166 Å². The molecule has 1 aliphatic rings. The molecule has 5 N–H and O–H groups in total. The van der Waals surface area contributed by atoms with Crippen molar-refractivity contribution < 1.29 is 34.1 Å². The number of quaternary nitrogens is 1. The number of aliphatic hydroxyl groups excluding tert-OH is 2. The number of phenols is 1. The van der Waals surface area contributed by atoms with Crippen molar-refractivity contribution in [3.05, 3.63) is 66.0 Å². The number of Topliss-reactive ketones (excluding diaryl/α,β-unsaturated/α-hetero) is 1. The number of amides is 1. The molecule has 0 saturated carbocycles. The minimum atomic E-state index is -0.485. The number of ether oxygens (including phenoxy) is 1. The number of unbranched alkanes of at least 4 members (excludes halogenated alkanes) is 1. The molecular weight excluding hydrogens is 725 g/mol. The highest BCUT2D eigenvalue weighted by Crippen LogP contribution is 2.53. The summed E-state index contributed by atoms with van der Waals surface area (Å²) in [4.78, 5) is 56.5. The number of nitrogens with zero attached hydrogens (tertiary/aromatic N) is 2. The summed E-state index contributed by atoms with van der Waals surface area (Å²) in [6.07, 6.45) is 6.41. The van der Waals surface area contributed by atoms with Crippen molar-refractivity contribution >= 4 is 66.5 Å². The highest BCUT2D eigenvalue weighted by atomic mass is 16.5. The van der Waals surface area contributed by atoms with E-state index >= 15 is 4.79 Å². The molecule has 12 nitrogen and oxygen atoms in total. The monoisotopic (exact) mass is 781 g/mol. The SMILES string of the molecule is COc1c(O)c2c(=O)cc(CO)c3c4c(CO)cc(NCCCC(=O)CCCN(C)C)c5c(=O)c(CCCCC(=O)NC[N+](C)(C)C)c6c(c(c1CC(C)=C6)c23)c54. The number of hydrogen-bond donors (Lipinski definition) is 5. The second-order valence-electron chi connectivity index (χ2n) is 16.9. The molecule has 0 aromatic heterocycles. The van der Waals surface area contributed by atoms with Crippen LogP contribution in [0, 0.1) is 0 Å². The number of phenolic OH excluding ortho intramolecular Hbond substituents is 1. The maximum atomic E-state index is 15.2. The summed E-state index contributed by atoms with van der Waals surface area (Å²) in [6.45, 7) is 2.81. The minimum Gasteiger partial charge on any atom is -0.504 e. The molecule has 0 bridgehead atoms. The van der Waals surface area contributed by atoms with Gasteiger partial charge in [0.05, 0.1) is 52.2 Å². The van der Waals surface area contributed by atoms with Crippen LogP contribution in [0.25, 0.3) is 49.2 Å². The second kappa shape index (κ2) is 16.9. The standard InChI is InChI=1S/C45H56N4O8/c1-25-18-30-29(14-8-9-15-34(54)47-24-49(4,5)6)43(55)39-32(46-16-10-12-28(52)13-11-17-48(2)3)20-26(22-50)35-36-27(23-51)21-33(53)40-42(36)38(37(30)41(35)39)31(19-25)45(57-7)44(40)56/h18,20-21,50-51H,8-17,19,22-24H2,1-7H3,(H2-,46,47,53,54,55,56)/p+1. The molecule has 1 amide bonds. The fourth-order valence-corrected chi connectivity index (χ4v) is 8.60. The van der Waals surface area contributed by atoms with Gasteiger partial charge in [0.15, 0.2) is 29.0 Å². The van der Waals surface area contributed by atoms with Gasteiger partial charge in [0.25, 0.3) is 0 Å². The number of aromatic hydroxyl groups is 1. The molecule has 0 unspecified atom stereocenters. The van der Waals surface area contributed by atoms with E-state index in [1.807, 2.05) is 48.2 Å². The van der Waals surface area contributed by atoms with Gasteiger partial charge in [0.1, 0.15) is 5.78 Å². The number of hydrogen-bond acceptors (Lipinski definition) is 10. The number of allylic oxidation sites excluding steroid dienone is 1. The largest absolute Gasteiger partial charge is 0.504 e. The molecule has 0 fully saturated rings. The molecule has 5 aromatic rings. The lowest BCUT2D eigenvalue weighted by Gasteiger charge is -2.25. The van der Waals surface area contributed by atoms with E-state index < -0.39 is 18.6 Å². The van der Waals surface area contributed by atoms with E-state index in [0.29, 0.717) is 140 Å². The first-order valence-electron chi connectivity index (χ1n) is 19.9. The molecule has 0 saturated heterocycles. The van der Waals surface area contributed by atoms with Crippen molar-refractivity contribution in [1.29, 1.82) is 0 Å². The molecule has 0 heterocycles. The van der Waals surface area contributed by atoms with Gasteiger partial charge in [0, 0.05) is 53.4 Å². The Kier molecular flexibility index (Phi) is 12.4. The molecule has 0 spiro atoms. The maximum Gasteiger partial charge on any atom is 0.224 e. The first kappa shape index (κ1) is 41.7. The number of benzene rings is 5. The zero-order chi connectivity index (χ0) is 41.3. The van der Waals surface area contributed by atoms with Crippen molar-refractivity contribution in [2.24, 2.45) is 0 Å². The summed E-state index contributed by atoms with van der Waals surface area (Å²) in [5.74, 6) is 0.0133. The Bertz CT molecular complexity index is 2500. The van der Waals surface area contributed by atoms with Crippen molar-refractivity contribution in [2.45, 2.75) is 77.9 Å². The van der Waals surface area contributed by atoms with Crippen molar-refractivity contribution in [2.75, 3.05) is 67.4 Å². The zero-order valence-electron chi connectivity index (χ0n) is 34.4. The number of methoxy groups -OCH3 is 1. The summed E-state index contributed by atoms with van der Waals surface area (Å²) in [6, 6.07) is 3.07. The molecule has 0 aliphatic heterocycles. The molecular formula is C45H57N4O8+. The van der Waals surface area contributed by atoms with Gasteiger partial charge in [-0.15, -0.1) is 0 Å². The number of ketones is 1. The quantitative estimate of drug-likeness (QED) is 0.0249. The van der Waals surface area contributed by atoms with E-state index in [-0.39, 0.29) is 34.0 Å². The number of carbonyl (C=O) groups is 2. The number of carbonyl (C=O) groups excluding carboxylic acids is 2. The van der Waals surface area contributed by atoms with E-state index in [2.05, 4.69) is 15.5 Å². The number of fused-ring (bicyclic) bond motifs is 1. The summed E-state index contributed by atoms with van der Waals surface area (Å²) >= 11 is 0. The fraction of sp³-hybridized carbons (Fsp3) is 0.467. The fourth-order valence-electron chi connectivity index (χ4n) is 8.60. The van der Waals surface area contributed by atoms with Gasteiger partial charge >= 0.3 is 0 Å². The average Bonchev–Trinajstić information content (AvgIpc) is 3.30. The Morgan fingerprint density at radius 2 is 1.51 bits per heavy atom. The zero-order valence-corrected chi connectivity index (χ0v) is 34.4. The third kappa shape index (κ3) is 8.14.